The summed E-state index contributed by atoms with van der Waals surface area (Å²) < 4.78 is 27.6. The van der Waals surface area contributed by atoms with Crippen molar-refractivity contribution < 1.29 is 13.2 Å². The molecule has 7 nitrogen and oxygen atoms in total. The summed E-state index contributed by atoms with van der Waals surface area (Å²) in [7, 11) is -3.77. The molecular formula is C23H22N4O3S. The van der Waals surface area contributed by atoms with Crippen LogP contribution >= 0.6 is 0 Å². The Bertz CT molecular complexity index is 1170. The second-order valence-electron chi connectivity index (χ2n) is 6.90. The molecule has 0 atom stereocenters. The molecule has 0 saturated carbocycles. The third-order valence-electron chi connectivity index (χ3n) is 4.58. The zero-order chi connectivity index (χ0) is 22.3. The van der Waals surface area contributed by atoms with E-state index in [1.54, 1.807) is 29.2 Å². The first-order chi connectivity index (χ1) is 14.9. The predicted molar refractivity (Wildman–Crippen MR) is 118 cm³/mol. The van der Waals surface area contributed by atoms with Gasteiger partial charge in [-0.05, 0) is 60.5 Å². The van der Waals surface area contributed by atoms with E-state index in [2.05, 4.69) is 15.8 Å². The molecule has 3 aromatic rings. The number of nitriles is 1. The first-order valence-electron chi connectivity index (χ1n) is 9.74. The Kier molecular flexibility index (Phi) is 7.00. The number of aromatic nitrogens is 1. The molecule has 0 bridgehead atoms. The van der Waals surface area contributed by atoms with Crippen LogP contribution in [-0.2, 0) is 16.6 Å². The van der Waals surface area contributed by atoms with Crippen LogP contribution in [0.25, 0.3) is 0 Å². The fraction of sp³-hybridized carbons (Fsp3) is 0.174. The quantitative estimate of drug-likeness (QED) is 0.581. The second-order valence-corrected chi connectivity index (χ2v) is 8.58. The van der Waals surface area contributed by atoms with E-state index >= 15 is 0 Å². The summed E-state index contributed by atoms with van der Waals surface area (Å²) in [6.45, 7) is 2.95. The van der Waals surface area contributed by atoms with E-state index in [1.807, 2.05) is 19.1 Å². The van der Waals surface area contributed by atoms with Gasteiger partial charge in [-0.3, -0.25) is 14.5 Å². The Balaban J connectivity index is 1.75. The van der Waals surface area contributed by atoms with Crippen molar-refractivity contribution in [1.82, 2.24) is 9.88 Å². The van der Waals surface area contributed by atoms with Gasteiger partial charge in [0.15, 0.2) is 0 Å². The van der Waals surface area contributed by atoms with Gasteiger partial charge in [0.1, 0.15) is 0 Å². The van der Waals surface area contributed by atoms with Crippen molar-refractivity contribution in [2.45, 2.75) is 24.8 Å². The van der Waals surface area contributed by atoms with Crippen molar-refractivity contribution >= 4 is 21.6 Å². The van der Waals surface area contributed by atoms with Gasteiger partial charge in [-0.2, -0.15) is 5.26 Å². The van der Waals surface area contributed by atoms with Gasteiger partial charge in [-0.25, -0.2) is 8.42 Å². The number of amides is 1. The highest BCUT2D eigenvalue weighted by Gasteiger charge is 2.18. The van der Waals surface area contributed by atoms with E-state index in [9.17, 15) is 13.2 Å². The normalized spacial score (nSPS) is 10.8. The lowest BCUT2D eigenvalue weighted by atomic mass is 10.1. The Labute approximate surface area is 182 Å². The second kappa shape index (κ2) is 9.87. The highest BCUT2D eigenvalue weighted by molar-refractivity contribution is 7.92. The lowest BCUT2D eigenvalue weighted by Gasteiger charge is -2.22. The summed E-state index contributed by atoms with van der Waals surface area (Å²) in [6.07, 6.45) is 3.77. The largest absolute Gasteiger partial charge is 0.334 e. The van der Waals surface area contributed by atoms with Crippen LogP contribution in [0, 0.1) is 11.3 Å². The van der Waals surface area contributed by atoms with Gasteiger partial charge in [0.2, 0.25) is 0 Å². The Morgan fingerprint density at radius 3 is 2.26 bits per heavy atom. The third kappa shape index (κ3) is 5.68. The number of carbonyl (C=O) groups excluding carboxylic acids is 1. The van der Waals surface area contributed by atoms with Crippen LogP contribution in [0.4, 0.5) is 5.69 Å². The van der Waals surface area contributed by atoms with E-state index in [4.69, 9.17) is 5.26 Å². The molecule has 0 fully saturated rings. The predicted octanol–water partition coefficient (Wildman–Crippen LogP) is 3.81. The number of rotatable bonds is 8. The number of anilines is 1. The van der Waals surface area contributed by atoms with Crippen LogP contribution in [0.2, 0.25) is 0 Å². The zero-order valence-corrected chi connectivity index (χ0v) is 17.8. The number of hydrogen-bond acceptors (Lipinski definition) is 5. The number of nitrogens with one attached hydrogen (secondary N) is 1. The van der Waals surface area contributed by atoms with E-state index < -0.39 is 10.0 Å². The van der Waals surface area contributed by atoms with Crippen LogP contribution in [0.1, 0.15) is 34.8 Å². The van der Waals surface area contributed by atoms with Gasteiger partial charge in [0.05, 0.1) is 22.2 Å². The highest BCUT2D eigenvalue weighted by atomic mass is 32.2. The molecule has 31 heavy (non-hydrogen) atoms. The molecule has 1 aromatic heterocycles. The van der Waals surface area contributed by atoms with Crippen molar-refractivity contribution in [3.8, 4) is 6.07 Å². The van der Waals surface area contributed by atoms with Crippen LogP contribution in [0.15, 0.2) is 78.0 Å². The molecule has 1 heterocycles. The van der Waals surface area contributed by atoms with Crippen LogP contribution in [-0.4, -0.2) is 30.8 Å². The van der Waals surface area contributed by atoms with Crippen LogP contribution in [0.5, 0.6) is 0 Å². The van der Waals surface area contributed by atoms with Crippen molar-refractivity contribution in [2.24, 2.45) is 0 Å². The molecule has 3 rings (SSSR count). The molecule has 2 aromatic carbocycles. The maximum absolute atomic E-state index is 13.0. The van der Waals surface area contributed by atoms with E-state index in [1.165, 1.54) is 36.7 Å². The average Bonchev–Trinajstić information content (AvgIpc) is 2.79. The van der Waals surface area contributed by atoms with Crippen molar-refractivity contribution in [3.63, 3.8) is 0 Å². The Morgan fingerprint density at radius 1 is 1.03 bits per heavy atom. The molecule has 0 spiro atoms. The molecule has 158 valence electrons. The number of sulfonamides is 1. The van der Waals surface area contributed by atoms with E-state index in [-0.39, 0.29) is 10.8 Å². The molecule has 0 aliphatic carbocycles. The maximum Gasteiger partial charge on any atom is 0.261 e. The summed E-state index contributed by atoms with van der Waals surface area (Å²) in [4.78, 5) is 18.6. The minimum Gasteiger partial charge on any atom is -0.334 e. The molecule has 0 unspecified atom stereocenters. The fourth-order valence-electron chi connectivity index (χ4n) is 3.02. The topological polar surface area (TPSA) is 103 Å². The minimum atomic E-state index is -3.77. The lowest BCUT2D eigenvalue weighted by molar-refractivity contribution is 0.0743. The van der Waals surface area contributed by atoms with Crippen LogP contribution < -0.4 is 4.72 Å². The molecule has 8 heteroatoms. The molecule has 1 amide bonds. The first-order valence-corrected chi connectivity index (χ1v) is 11.2. The van der Waals surface area contributed by atoms with Crippen LogP contribution in [0.3, 0.4) is 0 Å². The Morgan fingerprint density at radius 2 is 1.68 bits per heavy atom. The molecule has 0 saturated heterocycles. The number of hydrogen-bond donors (Lipinski definition) is 1. The SMILES string of the molecule is CCCN(Cc1ccc(C#N)cc1)C(=O)c1ccc(S(=O)(=O)Nc2ccncc2)cc1. The summed E-state index contributed by atoms with van der Waals surface area (Å²) in [6, 6.07) is 18.2. The molecular weight excluding hydrogens is 412 g/mol. The van der Waals surface area contributed by atoms with Gasteiger partial charge in [-0.15, -0.1) is 0 Å². The molecule has 1 N–H and O–H groups in total. The van der Waals surface area contributed by atoms with Gasteiger partial charge < -0.3 is 4.90 Å². The zero-order valence-electron chi connectivity index (χ0n) is 17.0. The standard InChI is InChI=1S/C23H22N4O3S/c1-2-15-27(17-19-5-3-18(16-24)4-6-19)23(28)20-7-9-22(10-8-20)31(29,30)26-21-11-13-25-14-12-21/h3-14H,2,15,17H2,1H3,(H,25,26). The Hall–Kier alpha value is -3.70. The fourth-order valence-corrected chi connectivity index (χ4v) is 4.08. The minimum absolute atomic E-state index is 0.0648. The molecule has 0 aliphatic heterocycles. The molecule has 0 aliphatic rings. The third-order valence-corrected chi connectivity index (χ3v) is 5.98. The number of carbonyl (C=O) groups is 1. The molecule has 0 radical (unpaired) electrons. The highest BCUT2D eigenvalue weighted by Crippen LogP contribution is 2.18. The van der Waals surface area contributed by atoms with Crippen molar-refractivity contribution in [1.29, 1.82) is 5.26 Å². The summed E-state index contributed by atoms with van der Waals surface area (Å²) in [5.41, 5.74) is 2.30. The van der Waals surface area contributed by atoms with Crippen molar-refractivity contribution in [3.05, 3.63) is 89.7 Å². The van der Waals surface area contributed by atoms with E-state index in [0.29, 0.717) is 29.9 Å². The van der Waals surface area contributed by atoms with Gasteiger partial charge >= 0.3 is 0 Å². The summed E-state index contributed by atoms with van der Waals surface area (Å²) in [5.74, 6) is -0.183. The number of pyridine rings is 1. The number of nitrogens with zero attached hydrogens (tertiary/aromatic N) is 3. The average molecular weight is 435 g/mol. The lowest BCUT2D eigenvalue weighted by Crippen LogP contribution is -2.31. The van der Waals surface area contributed by atoms with Gasteiger partial charge in [-0.1, -0.05) is 19.1 Å². The van der Waals surface area contributed by atoms with Gasteiger partial charge in [0.25, 0.3) is 15.9 Å². The smallest absolute Gasteiger partial charge is 0.261 e. The van der Waals surface area contributed by atoms with E-state index in [0.717, 1.165) is 12.0 Å². The number of benzene rings is 2. The van der Waals surface area contributed by atoms with Crippen molar-refractivity contribution in [2.75, 3.05) is 11.3 Å². The van der Waals surface area contributed by atoms with Gasteiger partial charge in [0, 0.05) is 31.0 Å². The first kappa shape index (κ1) is 22.0. The maximum atomic E-state index is 13.0. The summed E-state index contributed by atoms with van der Waals surface area (Å²) >= 11 is 0. The summed E-state index contributed by atoms with van der Waals surface area (Å²) in [5, 5.41) is 8.93. The monoisotopic (exact) mass is 434 g/mol.